The van der Waals surface area contributed by atoms with E-state index in [0.29, 0.717) is 5.76 Å². The number of sulfonamides is 1. The van der Waals surface area contributed by atoms with Crippen molar-refractivity contribution in [2.75, 3.05) is 5.32 Å². The Morgan fingerprint density at radius 2 is 1.69 bits per heavy atom. The molecule has 3 aromatic carbocycles. The number of hydrogen-bond acceptors (Lipinski definition) is 5. The molecule has 5 aromatic rings. The van der Waals surface area contributed by atoms with E-state index in [0.717, 1.165) is 39.4 Å². The van der Waals surface area contributed by atoms with Gasteiger partial charge in [0.05, 0.1) is 15.9 Å². The number of hydrogen-bond donors (Lipinski definition) is 2. The molecular weight excluding hydrogens is 460 g/mol. The van der Waals surface area contributed by atoms with Crippen LogP contribution in [0.1, 0.15) is 25.8 Å². The predicted molar refractivity (Wildman–Crippen MR) is 137 cm³/mol. The van der Waals surface area contributed by atoms with Crippen LogP contribution in [0, 0.1) is 0 Å². The van der Waals surface area contributed by atoms with Crippen LogP contribution in [0.3, 0.4) is 0 Å². The smallest absolute Gasteiger partial charge is 0.240 e. The van der Waals surface area contributed by atoms with Gasteiger partial charge in [-0.15, -0.1) is 0 Å². The lowest BCUT2D eigenvalue weighted by molar-refractivity contribution is 0.465. The Kier molecular flexibility index (Phi) is 5.01. The normalized spacial score (nSPS) is 15.1. The topological polar surface area (TPSA) is 89.2 Å². The molecular formula is C27H24N4O3S. The first-order valence-electron chi connectivity index (χ1n) is 11.5. The lowest BCUT2D eigenvalue weighted by Gasteiger charge is -2.28. The number of anilines is 1. The first-order valence-corrected chi connectivity index (χ1v) is 12.9. The molecule has 7 nitrogen and oxygen atoms in total. The third-order valence-corrected chi connectivity index (χ3v) is 7.72. The Morgan fingerprint density at radius 1 is 0.943 bits per heavy atom. The van der Waals surface area contributed by atoms with Gasteiger partial charge in [0.1, 0.15) is 17.3 Å². The van der Waals surface area contributed by atoms with Crippen molar-refractivity contribution in [3.05, 3.63) is 90.7 Å². The molecule has 0 fully saturated rings. The zero-order valence-electron chi connectivity index (χ0n) is 19.3. The zero-order chi connectivity index (χ0) is 24.2. The summed E-state index contributed by atoms with van der Waals surface area (Å²) >= 11 is 0. The van der Waals surface area contributed by atoms with Gasteiger partial charge in [0.2, 0.25) is 10.0 Å². The van der Waals surface area contributed by atoms with Crippen LogP contribution in [-0.4, -0.2) is 24.0 Å². The van der Waals surface area contributed by atoms with Crippen molar-refractivity contribution in [1.29, 1.82) is 0 Å². The number of para-hydroxylation sites is 3. The maximum absolute atomic E-state index is 12.4. The Bertz CT molecular complexity index is 1650. The van der Waals surface area contributed by atoms with Crippen LogP contribution in [-0.2, 0) is 10.0 Å². The van der Waals surface area contributed by atoms with Gasteiger partial charge >= 0.3 is 0 Å². The summed E-state index contributed by atoms with van der Waals surface area (Å²) in [4.78, 5) is 5.13. The molecule has 8 heteroatoms. The van der Waals surface area contributed by atoms with Gasteiger partial charge in [0, 0.05) is 22.9 Å². The molecule has 0 radical (unpaired) electrons. The summed E-state index contributed by atoms with van der Waals surface area (Å²) in [6.45, 7) is 3.59. The number of benzene rings is 3. The Hall–Kier alpha value is -3.88. The van der Waals surface area contributed by atoms with Gasteiger partial charge in [-0.1, -0.05) is 24.3 Å². The maximum atomic E-state index is 12.4. The highest BCUT2D eigenvalue weighted by molar-refractivity contribution is 7.89. The van der Waals surface area contributed by atoms with E-state index in [1.807, 2.05) is 48.5 Å². The third kappa shape index (κ3) is 3.71. The average Bonchev–Trinajstić information content (AvgIpc) is 3.49. The lowest BCUT2D eigenvalue weighted by Crippen LogP contribution is -2.30. The van der Waals surface area contributed by atoms with Crippen molar-refractivity contribution in [3.8, 4) is 22.7 Å². The summed E-state index contributed by atoms with van der Waals surface area (Å²) in [5, 5.41) is 3.60. The quantitative estimate of drug-likeness (QED) is 0.338. The number of aromatic nitrogens is 2. The molecule has 0 amide bonds. The van der Waals surface area contributed by atoms with Crippen LogP contribution in [0.2, 0.25) is 0 Å². The highest BCUT2D eigenvalue weighted by atomic mass is 32.2. The summed E-state index contributed by atoms with van der Waals surface area (Å²) in [5.41, 5.74) is 4.76. The molecule has 176 valence electrons. The molecule has 0 saturated carbocycles. The van der Waals surface area contributed by atoms with Gasteiger partial charge in [-0.3, -0.25) is 4.57 Å². The van der Waals surface area contributed by atoms with E-state index in [2.05, 4.69) is 26.7 Å². The Morgan fingerprint density at radius 3 is 2.49 bits per heavy atom. The van der Waals surface area contributed by atoms with Gasteiger partial charge in [-0.2, -0.15) is 0 Å². The Balaban J connectivity index is 1.38. The minimum absolute atomic E-state index is 0.176. The summed E-state index contributed by atoms with van der Waals surface area (Å²) in [5.74, 6) is 2.28. The second-order valence-corrected chi connectivity index (χ2v) is 10.6. The molecule has 6 rings (SSSR count). The molecule has 1 unspecified atom stereocenters. The van der Waals surface area contributed by atoms with Crippen molar-refractivity contribution < 1.29 is 12.8 Å². The van der Waals surface area contributed by atoms with Gasteiger partial charge < -0.3 is 9.73 Å². The minimum Gasteiger partial charge on any atom is -0.457 e. The number of rotatable bonds is 5. The number of furan rings is 1. The first-order chi connectivity index (χ1) is 16.9. The first kappa shape index (κ1) is 21.6. The molecule has 0 spiro atoms. The summed E-state index contributed by atoms with van der Waals surface area (Å²) in [7, 11) is -3.55. The fraction of sp³-hybridized carbons (Fsp3) is 0.148. The van der Waals surface area contributed by atoms with Gasteiger partial charge in [-0.05, 0) is 74.5 Å². The predicted octanol–water partition coefficient (Wildman–Crippen LogP) is 5.62. The van der Waals surface area contributed by atoms with Gasteiger partial charge in [0.25, 0.3) is 0 Å². The van der Waals surface area contributed by atoms with Crippen molar-refractivity contribution in [1.82, 2.24) is 14.3 Å². The Labute approximate surface area is 203 Å². The van der Waals surface area contributed by atoms with Crippen molar-refractivity contribution in [2.45, 2.75) is 31.0 Å². The molecule has 0 aliphatic carbocycles. The van der Waals surface area contributed by atoms with E-state index in [1.165, 1.54) is 0 Å². The zero-order valence-corrected chi connectivity index (χ0v) is 20.1. The van der Waals surface area contributed by atoms with E-state index in [-0.39, 0.29) is 17.1 Å². The molecule has 35 heavy (non-hydrogen) atoms. The van der Waals surface area contributed by atoms with E-state index >= 15 is 0 Å². The molecule has 2 aromatic heterocycles. The number of nitrogens with zero attached hydrogens (tertiary/aromatic N) is 2. The van der Waals surface area contributed by atoms with Crippen LogP contribution >= 0.6 is 0 Å². The fourth-order valence-corrected chi connectivity index (χ4v) is 5.79. The van der Waals surface area contributed by atoms with E-state index in [9.17, 15) is 8.42 Å². The van der Waals surface area contributed by atoms with Crippen LogP contribution in [0.4, 0.5) is 5.69 Å². The van der Waals surface area contributed by atoms with Crippen LogP contribution < -0.4 is 10.0 Å². The standard InChI is InChI=1S/C27H24N4O3S/c1-17(2)30-35(32,33)19-13-11-18(12-14-19)24-15-16-25(34-24)27-28-21-8-4-3-7-20(21)26-29-22-9-5-6-10-23(22)31(26)27/h3-17,27-28,30H,1-2H3. The molecule has 0 saturated heterocycles. The molecule has 1 aliphatic heterocycles. The van der Waals surface area contributed by atoms with Crippen LogP contribution in [0.5, 0.6) is 0 Å². The minimum atomic E-state index is -3.55. The highest BCUT2D eigenvalue weighted by Crippen LogP contribution is 2.41. The lowest BCUT2D eigenvalue weighted by atomic mass is 10.1. The monoisotopic (exact) mass is 484 g/mol. The second kappa shape index (κ2) is 8.11. The number of fused-ring (bicyclic) bond motifs is 5. The maximum Gasteiger partial charge on any atom is 0.240 e. The van der Waals surface area contributed by atoms with Gasteiger partial charge in [-0.25, -0.2) is 18.1 Å². The SMILES string of the molecule is CC(C)NS(=O)(=O)c1ccc(-c2ccc(C3Nc4ccccc4-c4nc5ccccc5n43)o2)cc1. The highest BCUT2D eigenvalue weighted by Gasteiger charge is 2.30. The fourth-order valence-electron chi connectivity index (χ4n) is 4.54. The summed E-state index contributed by atoms with van der Waals surface area (Å²) in [6.07, 6.45) is -0.282. The van der Waals surface area contributed by atoms with E-state index < -0.39 is 10.0 Å². The third-order valence-electron chi connectivity index (χ3n) is 6.05. The molecule has 0 bridgehead atoms. The summed E-state index contributed by atoms with van der Waals surface area (Å²) in [6, 6.07) is 26.6. The van der Waals surface area contributed by atoms with Crippen molar-refractivity contribution in [2.24, 2.45) is 0 Å². The molecule has 3 heterocycles. The van der Waals surface area contributed by atoms with E-state index in [4.69, 9.17) is 9.40 Å². The largest absolute Gasteiger partial charge is 0.457 e. The van der Waals surface area contributed by atoms with Crippen molar-refractivity contribution in [3.63, 3.8) is 0 Å². The average molecular weight is 485 g/mol. The number of nitrogens with one attached hydrogen (secondary N) is 2. The van der Waals surface area contributed by atoms with E-state index in [1.54, 1.807) is 38.1 Å². The van der Waals surface area contributed by atoms with Crippen LogP contribution in [0.15, 0.2) is 94.2 Å². The molecule has 1 aliphatic rings. The number of imidazole rings is 1. The van der Waals surface area contributed by atoms with Gasteiger partial charge in [0.15, 0.2) is 6.17 Å². The second-order valence-electron chi connectivity index (χ2n) is 8.89. The van der Waals surface area contributed by atoms with Crippen molar-refractivity contribution >= 4 is 26.7 Å². The molecule has 1 atom stereocenters. The molecule has 2 N–H and O–H groups in total. The van der Waals surface area contributed by atoms with Crippen LogP contribution in [0.25, 0.3) is 33.7 Å². The summed E-state index contributed by atoms with van der Waals surface area (Å²) < 4.78 is 36.0.